The molecule has 2 heterocycles. The first kappa shape index (κ1) is 17.3. The number of anilines is 1. The van der Waals surface area contributed by atoms with Crippen LogP contribution in [0.15, 0.2) is 41.2 Å². The molecule has 0 atom stereocenters. The maximum Gasteiger partial charge on any atom is 0.159 e. The molecular formula is C18H16Cl3N3. The minimum atomic E-state index is -0.0549. The molecule has 0 amide bonds. The number of aromatic nitrogens is 2. The molecule has 0 aliphatic carbocycles. The minimum absolute atomic E-state index is 0.00347. The molecule has 3 nitrogen and oxygen atoms in total. The Bertz CT molecular complexity index is 848. The highest BCUT2D eigenvalue weighted by atomic mass is 35.5. The summed E-state index contributed by atoms with van der Waals surface area (Å²) in [5.74, 6) is 0.620. The summed E-state index contributed by atoms with van der Waals surface area (Å²) >= 11 is 17.4. The number of nitrogens with one attached hydrogen (secondary N) is 1. The molecule has 1 aromatic carbocycles. The Labute approximate surface area is 156 Å². The predicted octanol–water partition coefficient (Wildman–Crippen LogP) is 6.09. The fourth-order valence-corrected chi connectivity index (χ4v) is 3.14. The molecule has 0 radical (unpaired) electrons. The number of hydrogen-bond acceptors (Lipinski definition) is 3. The molecule has 1 N–H and O–H groups in total. The molecule has 2 aromatic rings. The first-order valence-electron chi connectivity index (χ1n) is 7.42. The van der Waals surface area contributed by atoms with Crippen molar-refractivity contribution in [1.82, 2.24) is 9.97 Å². The van der Waals surface area contributed by atoms with Crippen molar-refractivity contribution in [3.05, 3.63) is 52.3 Å². The van der Waals surface area contributed by atoms with Gasteiger partial charge < -0.3 is 5.32 Å². The number of fused-ring (bicyclic) bond motifs is 1. The van der Waals surface area contributed by atoms with Gasteiger partial charge in [-0.15, -0.1) is 0 Å². The van der Waals surface area contributed by atoms with Gasteiger partial charge in [0.05, 0.1) is 10.6 Å². The summed E-state index contributed by atoms with van der Waals surface area (Å²) in [6.45, 7) is 6.41. The molecule has 0 bridgehead atoms. The van der Waals surface area contributed by atoms with Crippen LogP contribution in [0.3, 0.4) is 0 Å². The summed E-state index contributed by atoms with van der Waals surface area (Å²) in [6.07, 6.45) is 5.44. The highest BCUT2D eigenvalue weighted by Crippen LogP contribution is 2.36. The van der Waals surface area contributed by atoms with Crippen LogP contribution in [0.4, 0.5) is 5.69 Å². The van der Waals surface area contributed by atoms with Crippen LogP contribution >= 0.6 is 34.8 Å². The van der Waals surface area contributed by atoms with Gasteiger partial charge in [0.1, 0.15) is 4.49 Å². The molecule has 0 saturated carbocycles. The van der Waals surface area contributed by atoms with Crippen molar-refractivity contribution < 1.29 is 0 Å². The van der Waals surface area contributed by atoms with E-state index in [1.54, 1.807) is 12.4 Å². The van der Waals surface area contributed by atoms with E-state index in [0.717, 1.165) is 16.8 Å². The maximum atomic E-state index is 6.00. The van der Waals surface area contributed by atoms with Crippen molar-refractivity contribution in [2.45, 2.75) is 26.3 Å². The van der Waals surface area contributed by atoms with Gasteiger partial charge in [0.2, 0.25) is 0 Å². The monoisotopic (exact) mass is 379 g/mol. The number of hydrogen-bond donors (Lipinski definition) is 1. The van der Waals surface area contributed by atoms with Crippen molar-refractivity contribution in [2.75, 3.05) is 5.32 Å². The quantitative estimate of drug-likeness (QED) is 0.684. The fraction of sp³-hybridized carbons (Fsp3) is 0.222. The third kappa shape index (κ3) is 3.44. The molecule has 24 heavy (non-hydrogen) atoms. The van der Waals surface area contributed by atoms with E-state index >= 15 is 0 Å². The molecule has 0 saturated heterocycles. The first-order chi connectivity index (χ1) is 11.3. The molecule has 0 spiro atoms. The Morgan fingerprint density at radius 1 is 1.08 bits per heavy atom. The van der Waals surface area contributed by atoms with E-state index < -0.39 is 0 Å². The second-order valence-corrected chi connectivity index (χ2v) is 7.63. The summed E-state index contributed by atoms with van der Waals surface area (Å²) in [5.41, 5.74) is 4.96. The zero-order valence-corrected chi connectivity index (χ0v) is 15.8. The highest BCUT2D eigenvalue weighted by Gasteiger charge is 2.22. The van der Waals surface area contributed by atoms with E-state index in [2.05, 4.69) is 54.3 Å². The fourth-order valence-electron chi connectivity index (χ4n) is 2.82. The lowest BCUT2D eigenvalue weighted by Gasteiger charge is -2.31. The lowest BCUT2D eigenvalue weighted by atomic mass is 9.90. The van der Waals surface area contributed by atoms with Gasteiger partial charge in [0, 0.05) is 34.8 Å². The van der Waals surface area contributed by atoms with Gasteiger partial charge in [0.15, 0.2) is 5.82 Å². The van der Waals surface area contributed by atoms with Crippen LogP contribution < -0.4 is 5.32 Å². The maximum absolute atomic E-state index is 6.00. The van der Waals surface area contributed by atoms with E-state index in [4.69, 9.17) is 34.8 Å². The van der Waals surface area contributed by atoms with Crippen LogP contribution in [0.5, 0.6) is 0 Å². The Morgan fingerprint density at radius 2 is 1.75 bits per heavy atom. The molecule has 1 aromatic heterocycles. The summed E-state index contributed by atoms with van der Waals surface area (Å²) in [4.78, 5) is 8.74. The van der Waals surface area contributed by atoms with Crippen molar-refractivity contribution in [3.63, 3.8) is 0 Å². The molecular weight excluding hydrogens is 365 g/mol. The smallest absolute Gasteiger partial charge is 0.159 e. The second-order valence-electron chi connectivity index (χ2n) is 6.30. The molecule has 124 valence electrons. The van der Waals surface area contributed by atoms with Gasteiger partial charge in [-0.05, 0) is 44.5 Å². The lowest BCUT2D eigenvalue weighted by molar-refractivity contribution is 0.707. The van der Waals surface area contributed by atoms with Crippen LogP contribution in [-0.2, 0) is 0 Å². The minimum Gasteiger partial charge on any atom is -0.376 e. The number of rotatable bonds is 2. The van der Waals surface area contributed by atoms with Gasteiger partial charge in [-0.25, -0.2) is 9.97 Å². The van der Waals surface area contributed by atoms with Gasteiger partial charge in [-0.2, -0.15) is 0 Å². The van der Waals surface area contributed by atoms with Crippen LogP contribution in [0.2, 0.25) is 0 Å². The molecule has 6 heteroatoms. The lowest BCUT2D eigenvalue weighted by Crippen LogP contribution is -2.31. The standard InChI is InChI=1S/C18H16Cl3N3/c1-10-7-18(2,3)24-14-5-4-11(6-13(10)14)17-22-8-12(9-23-17)15(19)16(20)21/h4-9,24H,1-3H3. The van der Waals surface area contributed by atoms with Crippen molar-refractivity contribution in [3.8, 4) is 11.4 Å². The zero-order chi connectivity index (χ0) is 17.5. The van der Waals surface area contributed by atoms with Gasteiger partial charge in [-0.1, -0.05) is 40.9 Å². The zero-order valence-electron chi connectivity index (χ0n) is 13.5. The summed E-state index contributed by atoms with van der Waals surface area (Å²) < 4.78 is -0.00347. The van der Waals surface area contributed by atoms with Crippen molar-refractivity contribution >= 4 is 51.1 Å². The Balaban J connectivity index is 1.98. The Kier molecular flexibility index (Phi) is 4.60. The van der Waals surface area contributed by atoms with Crippen LogP contribution in [0.25, 0.3) is 22.0 Å². The van der Waals surface area contributed by atoms with Crippen LogP contribution in [0, 0.1) is 0 Å². The van der Waals surface area contributed by atoms with E-state index in [1.807, 2.05) is 6.07 Å². The van der Waals surface area contributed by atoms with Crippen LogP contribution in [-0.4, -0.2) is 15.5 Å². The molecule has 1 aliphatic heterocycles. The van der Waals surface area contributed by atoms with Crippen molar-refractivity contribution in [2.24, 2.45) is 0 Å². The summed E-state index contributed by atoms with van der Waals surface area (Å²) in [7, 11) is 0. The molecule has 0 fully saturated rings. The van der Waals surface area contributed by atoms with Gasteiger partial charge in [0.25, 0.3) is 0 Å². The average Bonchev–Trinajstić information content (AvgIpc) is 2.53. The number of benzene rings is 1. The topological polar surface area (TPSA) is 37.8 Å². The van der Waals surface area contributed by atoms with Crippen molar-refractivity contribution in [1.29, 1.82) is 0 Å². The van der Waals surface area contributed by atoms with Gasteiger partial charge in [-0.3, -0.25) is 0 Å². The molecule has 1 aliphatic rings. The number of allylic oxidation sites excluding steroid dienone is 1. The predicted molar refractivity (Wildman–Crippen MR) is 103 cm³/mol. The van der Waals surface area contributed by atoms with Crippen LogP contribution in [0.1, 0.15) is 31.9 Å². The Hall–Kier alpha value is -1.55. The summed E-state index contributed by atoms with van der Waals surface area (Å²) in [5, 5.41) is 3.75. The van der Waals surface area contributed by atoms with E-state index in [9.17, 15) is 0 Å². The van der Waals surface area contributed by atoms with E-state index in [1.165, 1.54) is 5.57 Å². The third-order valence-corrected chi connectivity index (χ3v) is 4.79. The number of halogens is 3. The largest absolute Gasteiger partial charge is 0.376 e. The second kappa shape index (κ2) is 6.40. The van der Waals surface area contributed by atoms with E-state index in [0.29, 0.717) is 11.4 Å². The molecule has 3 rings (SSSR count). The third-order valence-electron chi connectivity index (χ3n) is 3.81. The average molecular weight is 381 g/mol. The highest BCUT2D eigenvalue weighted by molar-refractivity contribution is 6.66. The molecule has 0 unspecified atom stereocenters. The summed E-state index contributed by atoms with van der Waals surface area (Å²) in [6, 6.07) is 6.15. The Morgan fingerprint density at radius 3 is 2.38 bits per heavy atom. The SMILES string of the molecule is CC1=CC(C)(C)Nc2ccc(-c3ncc(C(Cl)=C(Cl)Cl)cn3)cc21. The normalized spacial score (nSPS) is 15.2. The van der Waals surface area contributed by atoms with E-state index in [-0.39, 0.29) is 15.1 Å². The van der Waals surface area contributed by atoms with Gasteiger partial charge >= 0.3 is 0 Å². The number of nitrogens with zero attached hydrogens (tertiary/aromatic N) is 2. The first-order valence-corrected chi connectivity index (χ1v) is 8.56.